The normalized spacial score (nSPS) is 25.8. The molecule has 2 nitrogen and oxygen atoms in total. The third-order valence-electron chi connectivity index (χ3n) is 4.44. The lowest BCUT2D eigenvalue weighted by atomic mass is 9.69. The van der Waals surface area contributed by atoms with E-state index in [1.165, 1.54) is 24.0 Å². The molecule has 0 amide bonds. The van der Waals surface area contributed by atoms with Gasteiger partial charge in [0.2, 0.25) is 0 Å². The molecule has 3 rings (SSSR count). The largest absolute Gasteiger partial charge is 0.453 e. The minimum atomic E-state index is -0.156. The Morgan fingerprint density at radius 3 is 2.68 bits per heavy atom. The van der Waals surface area contributed by atoms with Gasteiger partial charge in [0.15, 0.2) is 0 Å². The monoisotopic (exact) mass is 256 g/mol. The number of cyclic esters (lactones) is 1. The highest BCUT2D eigenvalue weighted by Crippen LogP contribution is 2.49. The third-order valence-corrected chi connectivity index (χ3v) is 4.44. The van der Waals surface area contributed by atoms with E-state index in [9.17, 15) is 4.79 Å². The van der Waals surface area contributed by atoms with Crippen molar-refractivity contribution in [3.63, 3.8) is 0 Å². The van der Waals surface area contributed by atoms with E-state index >= 15 is 0 Å². The lowest BCUT2D eigenvalue weighted by molar-refractivity contribution is -0.149. The Balaban J connectivity index is 2.07. The SMILES string of the molecule is CC1(C)CCCC2=C1CC(=O)O[C@H]2c1ccccc1. The second-order valence-corrected chi connectivity index (χ2v) is 6.20. The van der Waals surface area contributed by atoms with Crippen LogP contribution in [-0.2, 0) is 9.53 Å². The number of hydrogen-bond donors (Lipinski definition) is 0. The number of hydrogen-bond acceptors (Lipinski definition) is 2. The molecule has 0 N–H and O–H groups in total. The summed E-state index contributed by atoms with van der Waals surface area (Å²) in [5.74, 6) is -0.0809. The van der Waals surface area contributed by atoms with Crippen molar-refractivity contribution in [3.8, 4) is 0 Å². The molecule has 1 heterocycles. The van der Waals surface area contributed by atoms with Gasteiger partial charge in [-0.05, 0) is 35.8 Å². The average molecular weight is 256 g/mol. The molecule has 1 aliphatic heterocycles. The first kappa shape index (κ1) is 12.5. The van der Waals surface area contributed by atoms with Crippen LogP contribution in [0.4, 0.5) is 0 Å². The van der Waals surface area contributed by atoms with Gasteiger partial charge < -0.3 is 4.74 Å². The molecule has 0 fully saturated rings. The molecule has 0 aromatic heterocycles. The molecule has 0 saturated heterocycles. The number of rotatable bonds is 1. The maximum atomic E-state index is 11.9. The molecule has 0 bridgehead atoms. The van der Waals surface area contributed by atoms with Gasteiger partial charge in [-0.25, -0.2) is 0 Å². The lowest BCUT2D eigenvalue weighted by Gasteiger charge is -2.40. The predicted octanol–water partition coefficient (Wildman–Crippen LogP) is 4.18. The fraction of sp³-hybridized carbons (Fsp3) is 0.471. The number of benzene rings is 1. The zero-order chi connectivity index (χ0) is 13.5. The Labute approximate surface area is 114 Å². The zero-order valence-electron chi connectivity index (χ0n) is 11.6. The van der Waals surface area contributed by atoms with Gasteiger partial charge in [-0.3, -0.25) is 4.79 Å². The van der Waals surface area contributed by atoms with E-state index in [-0.39, 0.29) is 17.5 Å². The van der Waals surface area contributed by atoms with Crippen molar-refractivity contribution in [1.82, 2.24) is 0 Å². The van der Waals surface area contributed by atoms with E-state index in [0.717, 1.165) is 12.0 Å². The van der Waals surface area contributed by atoms with E-state index < -0.39 is 0 Å². The first-order valence-electron chi connectivity index (χ1n) is 7.05. The third kappa shape index (κ3) is 2.20. The minimum absolute atomic E-state index is 0.0809. The summed E-state index contributed by atoms with van der Waals surface area (Å²) in [5, 5.41) is 0. The predicted molar refractivity (Wildman–Crippen MR) is 74.6 cm³/mol. The van der Waals surface area contributed by atoms with Gasteiger partial charge in [-0.15, -0.1) is 0 Å². The van der Waals surface area contributed by atoms with Gasteiger partial charge in [0.1, 0.15) is 6.10 Å². The second kappa shape index (κ2) is 4.52. The first-order valence-corrected chi connectivity index (χ1v) is 7.05. The van der Waals surface area contributed by atoms with Gasteiger partial charge >= 0.3 is 5.97 Å². The number of esters is 1. The highest BCUT2D eigenvalue weighted by atomic mass is 16.5. The summed E-state index contributed by atoms with van der Waals surface area (Å²) in [6.07, 6.45) is 3.74. The van der Waals surface area contributed by atoms with Gasteiger partial charge in [0.05, 0.1) is 6.42 Å². The highest BCUT2D eigenvalue weighted by molar-refractivity contribution is 5.75. The number of carbonyl (C=O) groups is 1. The maximum Gasteiger partial charge on any atom is 0.310 e. The molecule has 1 aromatic rings. The Bertz CT molecular complexity index is 525. The van der Waals surface area contributed by atoms with Crippen molar-refractivity contribution in [3.05, 3.63) is 47.0 Å². The smallest absolute Gasteiger partial charge is 0.310 e. The molecule has 2 heteroatoms. The summed E-state index contributed by atoms with van der Waals surface area (Å²) in [5.41, 5.74) is 3.91. The first-order chi connectivity index (χ1) is 9.08. The van der Waals surface area contributed by atoms with Crippen LogP contribution in [0.5, 0.6) is 0 Å². The van der Waals surface area contributed by atoms with Gasteiger partial charge in [0.25, 0.3) is 0 Å². The van der Waals surface area contributed by atoms with Crippen molar-refractivity contribution in [1.29, 1.82) is 0 Å². The molecular formula is C17H20O2. The van der Waals surface area contributed by atoms with E-state index in [0.29, 0.717) is 6.42 Å². The van der Waals surface area contributed by atoms with E-state index in [1.807, 2.05) is 18.2 Å². The molecule has 0 saturated carbocycles. The second-order valence-electron chi connectivity index (χ2n) is 6.20. The fourth-order valence-electron chi connectivity index (χ4n) is 3.38. The van der Waals surface area contributed by atoms with Crippen LogP contribution in [0.1, 0.15) is 51.2 Å². The van der Waals surface area contributed by atoms with E-state index in [4.69, 9.17) is 4.74 Å². The average Bonchev–Trinajstić information content (AvgIpc) is 2.40. The molecule has 0 spiro atoms. The van der Waals surface area contributed by atoms with Gasteiger partial charge in [0, 0.05) is 0 Å². The van der Waals surface area contributed by atoms with Crippen LogP contribution < -0.4 is 0 Å². The Morgan fingerprint density at radius 2 is 1.95 bits per heavy atom. The lowest BCUT2D eigenvalue weighted by Crippen LogP contribution is -2.31. The minimum Gasteiger partial charge on any atom is -0.453 e. The van der Waals surface area contributed by atoms with Crippen molar-refractivity contribution < 1.29 is 9.53 Å². The van der Waals surface area contributed by atoms with Crippen LogP contribution >= 0.6 is 0 Å². The van der Waals surface area contributed by atoms with Crippen molar-refractivity contribution >= 4 is 5.97 Å². The van der Waals surface area contributed by atoms with Crippen LogP contribution in [-0.4, -0.2) is 5.97 Å². The molecule has 19 heavy (non-hydrogen) atoms. The molecule has 1 aliphatic carbocycles. The maximum absolute atomic E-state index is 11.9. The summed E-state index contributed by atoms with van der Waals surface area (Å²) in [4.78, 5) is 11.9. The standard InChI is InChI=1S/C17H20O2/c1-17(2)10-6-9-13-14(17)11-15(18)19-16(13)12-7-4-3-5-8-12/h3-5,7-8,16H,6,9-11H2,1-2H3/t16-/m0/s1. The van der Waals surface area contributed by atoms with Crippen LogP contribution in [0, 0.1) is 5.41 Å². The van der Waals surface area contributed by atoms with Crippen LogP contribution in [0.25, 0.3) is 0 Å². The molecule has 1 aromatic carbocycles. The number of carbonyl (C=O) groups excluding carboxylic acids is 1. The summed E-state index contributed by atoms with van der Waals surface area (Å²) >= 11 is 0. The zero-order valence-corrected chi connectivity index (χ0v) is 11.6. The van der Waals surface area contributed by atoms with Crippen molar-refractivity contribution in [2.75, 3.05) is 0 Å². The van der Waals surface area contributed by atoms with Crippen molar-refractivity contribution in [2.45, 2.75) is 45.6 Å². The Morgan fingerprint density at radius 1 is 1.21 bits per heavy atom. The van der Waals surface area contributed by atoms with Crippen molar-refractivity contribution in [2.24, 2.45) is 5.41 Å². The fourth-order valence-corrected chi connectivity index (χ4v) is 3.38. The van der Waals surface area contributed by atoms with E-state index in [1.54, 1.807) is 0 Å². The molecule has 2 aliphatic rings. The molecule has 1 atom stereocenters. The Kier molecular flexibility index (Phi) is 2.96. The highest BCUT2D eigenvalue weighted by Gasteiger charge is 2.39. The summed E-state index contributed by atoms with van der Waals surface area (Å²) in [7, 11) is 0. The van der Waals surface area contributed by atoms with Crippen LogP contribution in [0.2, 0.25) is 0 Å². The van der Waals surface area contributed by atoms with E-state index in [2.05, 4.69) is 26.0 Å². The summed E-state index contributed by atoms with van der Waals surface area (Å²) < 4.78 is 5.64. The summed E-state index contributed by atoms with van der Waals surface area (Å²) in [6.45, 7) is 4.50. The topological polar surface area (TPSA) is 26.3 Å². The molecular weight excluding hydrogens is 236 g/mol. The van der Waals surface area contributed by atoms with Gasteiger partial charge in [-0.2, -0.15) is 0 Å². The van der Waals surface area contributed by atoms with Gasteiger partial charge in [-0.1, -0.05) is 49.8 Å². The summed E-state index contributed by atoms with van der Waals surface area (Å²) in [6, 6.07) is 10.1. The molecule has 100 valence electrons. The molecule has 0 radical (unpaired) electrons. The Hall–Kier alpha value is -1.57. The number of ether oxygens (including phenoxy) is 1. The van der Waals surface area contributed by atoms with Crippen LogP contribution in [0.3, 0.4) is 0 Å². The molecule has 0 unspecified atom stereocenters. The quantitative estimate of drug-likeness (QED) is 0.556. The van der Waals surface area contributed by atoms with Crippen LogP contribution in [0.15, 0.2) is 41.5 Å².